The molecule has 4 heteroatoms. The van der Waals surface area contributed by atoms with E-state index in [-0.39, 0.29) is 0 Å². The number of nitrogens with one attached hydrogen (secondary N) is 1. The van der Waals surface area contributed by atoms with Crippen molar-refractivity contribution in [2.45, 2.75) is 32.4 Å². The topological polar surface area (TPSA) is 29.9 Å². The van der Waals surface area contributed by atoms with E-state index in [1.807, 2.05) is 7.05 Å². The van der Waals surface area contributed by atoms with E-state index >= 15 is 0 Å². The summed E-state index contributed by atoms with van der Waals surface area (Å²) >= 11 is 3.51. The third-order valence-electron chi connectivity index (χ3n) is 2.48. The maximum absolute atomic E-state index is 4.51. The Bertz CT molecular complexity index is 306. The fraction of sp³-hybridized carbons (Fsp3) is 0.667. The number of aryl methyl sites for hydroxylation is 1. The van der Waals surface area contributed by atoms with Crippen molar-refractivity contribution >= 4 is 15.9 Å². The monoisotopic (exact) mass is 243 g/mol. The van der Waals surface area contributed by atoms with Crippen LogP contribution in [0.1, 0.15) is 24.4 Å². The molecule has 0 aromatic carbocycles. The van der Waals surface area contributed by atoms with Crippen molar-refractivity contribution in [1.29, 1.82) is 0 Å². The van der Waals surface area contributed by atoms with Gasteiger partial charge in [-0.3, -0.25) is 0 Å². The van der Waals surface area contributed by atoms with E-state index < -0.39 is 0 Å². The molecular formula is C9H14BrN3. The minimum atomic E-state index is 0.896. The lowest BCUT2D eigenvalue weighted by atomic mass is 10.2. The summed E-state index contributed by atoms with van der Waals surface area (Å²) in [4.78, 5) is 4.51. The first-order valence-corrected chi connectivity index (χ1v) is 5.50. The molecule has 0 unspecified atom stereocenters. The maximum atomic E-state index is 4.51. The smallest absolute Gasteiger partial charge is 0.128 e. The van der Waals surface area contributed by atoms with Gasteiger partial charge in [0.15, 0.2) is 0 Å². The second-order valence-corrected chi connectivity index (χ2v) is 4.16. The van der Waals surface area contributed by atoms with Crippen LogP contribution in [0.15, 0.2) is 4.60 Å². The van der Waals surface area contributed by atoms with Crippen molar-refractivity contribution in [3.8, 4) is 0 Å². The summed E-state index contributed by atoms with van der Waals surface area (Å²) in [7, 11) is 1.97. The number of rotatable bonds is 2. The van der Waals surface area contributed by atoms with Crippen molar-refractivity contribution < 1.29 is 0 Å². The highest BCUT2D eigenvalue weighted by Gasteiger charge is 2.17. The summed E-state index contributed by atoms with van der Waals surface area (Å²) in [5.41, 5.74) is 1.29. The van der Waals surface area contributed by atoms with Gasteiger partial charge in [-0.05, 0) is 35.8 Å². The van der Waals surface area contributed by atoms with Gasteiger partial charge in [0, 0.05) is 19.5 Å². The molecule has 72 valence electrons. The molecule has 1 N–H and O–H groups in total. The summed E-state index contributed by atoms with van der Waals surface area (Å²) < 4.78 is 3.35. The van der Waals surface area contributed by atoms with Gasteiger partial charge in [-0.2, -0.15) is 0 Å². The normalized spacial score (nSPS) is 15.8. The lowest BCUT2D eigenvalue weighted by Crippen LogP contribution is -2.16. The van der Waals surface area contributed by atoms with Gasteiger partial charge in [-0.1, -0.05) is 0 Å². The number of hydrogen-bond donors (Lipinski definition) is 1. The van der Waals surface area contributed by atoms with Crippen LogP contribution in [-0.2, 0) is 19.5 Å². The molecule has 13 heavy (non-hydrogen) atoms. The Hall–Kier alpha value is -0.350. The molecule has 1 aromatic rings. The summed E-state index contributed by atoms with van der Waals surface area (Å²) in [5.74, 6) is 1.24. The summed E-state index contributed by atoms with van der Waals surface area (Å²) in [6.45, 7) is 2.03. The Morgan fingerprint density at radius 3 is 3.15 bits per heavy atom. The third-order valence-corrected chi connectivity index (χ3v) is 3.11. The molecular weight excluding hydrogens is 230 g/mol. The predicted molar refractivity (Wildman–Crippen MR) is 55.6 cm³/mol. The minimum absolute atomic E-state index is 0.896. The highest BCUT2D eigenvalue weighted by molar-refractivity contribution is 9.10. The number of fused-ring (bicyclic) bond motifs is 1. The Morgan fingerprint density at radius 1 is 1.54 bits per heavy atom. The minimum Gasteiger partial charge on any atom is -0.330 e. The van der Waals surface area contributed by atoms with Gasteiger partial charge in [0.1, 0.15) is 10.4 Å². The van der Waals surface area contributed by atoms with Crippen LogP contribution in [0.2, 0.25) is 0 Å². The zero-order valence-electron chi connectivity index (χ0n) is 7.81. The van der Waals surface area contributed by atoms with Gasteiger partial charge in [-0.25, -0.2) is 4.98 Å². The van der Waals surface area contributed by atoms with Crippen molar-refractivity contribution in [3.63, 3.8) is 0 Å². The number of aromatic nitrogens is 2. The Balaban J connectivity index is 2.36. The largest absolute Gasteiger partial charge is 0.330 e. The molecule has 0 atom stereocenters. The van der Waals surface area contributed by atoms with E-state index in [1.165, 1.54) is 24.4 Å². The van der Waals surface area contributed by atoms with Crippen molar-refractivity contribution in [2.24, 2.45) is 0 Å². The average molecular weight is 244 g/mol. The average Bonchev–Trinajstić information content (AvgIpc) is 2.44. The maximum Gasteiger partial charge on any atom is 0.128 e. The van der Waals surface area contributed by atoms with E-state index in [4.69, 9.17) is 0 Å². The lowest BCUT2D eigenvalue weighted by molar-refractivity contribution is 0.503. The first-order valence-electron chi connectivity index (χ1n) is 4.71. The summed E-state index contributed by atoms with van der Waals surface area (Å²) in [5, 5.41) is 3.17. The van der Waals surface area contributed by atoms with E-state index in [0.29, 0.717) is 0 Å². The van der Waals surface area contributed by atoms with Crippen LogP contribution < -0.4 is 5.32 Å². The van der Waals surface area contributed by atoms with Crippen molar-refractivity contribution in [1.82, 2.24) is 14.9 Å². The standard InChI is InChI=1S/C9H14BrN3/c1-11-6-7-9(10)12-8-4-2-3-5-13(7)8/h11H,2-6H2,1H3. The molecule has 3 nitrogen and oxygen atoms in total. The summed E-state index contributed by atoms with van der Waals surface area (Å²) in [6, 6.07) is 0. The molecule has 0 saturated heterocycles. The SMILES string of the molecule is CNCc1c(Br)nc2n1CCCC2. The molecule has 0 radical (unpaired) electrons. The van der Waals surface area contributed by atoms with Crippen LogP contribution in [0.5, 0.6) is 0 Å². The van der Waals surface area contributed by atoms with Crippen LogP contribution in [0.4, 0.5) is 0 Å². The molecule has 2 rings (SSSR count). The quantitative estimate of drug-likeness (QED) is 0.858. The molecule has 0 bridgehead atoms. The molecule has 1 aromatic heterocycles. The molecule has 1 aliphatic heterocycles. The van der Waals surface area contributed by atoms with Gasteiger partial charge in [0.2, 0.25) is 0 Å². The molecule has 1 aliphatic rings. The number of nitrogens with zero attached hydrogens (tertiary/aromatic N) is 2. The Labute approximate surface area is 86.7 Å². The molecule has 0 fully saturated rings. The second kappa shape index (κ2) is 3.80. The van der Waals surface area contributed by atoms with E-state index in [0.717, 1.165) is 24.1 Å². The van der Waals surface area contributed by atoms with Crippen LogP contribution in [0.25, 0.3) is 0 Å². The van der Waals surface area contributed by atoms with Crippen LogP contribution in [-0.4, -0.2) is 16.6 Å². The lowest BCUT2D eigenvalue weighted by Gasteiger charge is -2.15. The van der Waals surface area contributed by atoms with E-state index in [1.54, 1.807) is 0 Å². The third kappa shape index (κ3) is 1.65. The number of hydrogen-bond acceptors (Lipinski definition) is 2. The van der Waals surface area contributed by atoms with Crippen LogP contribution in [0.3, 0.4) is 0 Å². The zero-order valence-corrected chi connectivity index (χ0v) is 9.39. The van der Waals surface area contributed by atoms with Gasteiger partial charge in [0.25, 0.3) is 0 Å². The molecule has 2 heterocycles. The van der Waals surface area contributed by atoms with Crippen molar-refractivity contribution in [2.75, 3.05) is 7.05 Å². The van der Waals surface area contributed by atoms with Gasteiger partial charge in [0.05, 0.1) is 5.69 Å². The molecule has 0 aliphatic carbocycles. The fourth-order valence-electron chi connectivity index (χ4n) is 1.85. The Morgan fingerprint density at radius 2 is 2.38 bits per heavy atom. The Kier molecular flexibility index (Phi) is 2.69. The first kappa shape index (κ1) is 9.21. The zero-order chi connectivity index (χ0) is 9.26. The van der Waals surface area contributed by atoms with Crippen molar-refractivity contribution in [3.05, 3.63) is 16.1 Å². The molecule has 0 amide bonds. The summed E-state index contributed by atoms with van der Waals surface area (Å²) in [6.07, 6.45) is 3.69. The number of halogens is 1. The van der Waals surface area contributed by atoms with E-state index in [2.05, 4.69) is 30.8 Å². The molecule has 0 saturated carbocycles. The van der Waals surface area contributed by atoms with Gasteiger partial charge in [-0.15, -0.1) is 0 Å². The number of imidazole rings is 1. The highest BCUT2D eigenvalue weighted by Crippen LogP contribution is 2.23. The highest BCUT2D eigenvalue weighted by atomic mass is 79.9. The first-order chi connectivity index (χ1) is 6.33. The second-order valence-electron chi connectivity index (χ2n) is 3.40. The molecule has 0 spiro atoms. The van der Waals surface area contributed by atoms with E-state index in [9.17, 15) is 0 Å². The van der Waals surface area contributed by atoms with Crippen LogP contribution in [0, 0.1) is 0 Å². The fourth-order valence-corrected chi connectivity index (χ4v) is 2.41. The van der Waals surface area contributed by atoms with Crippen LogP contribution >= 0.6 is 15.9 Å². The predicted octanol–water partition coefficient (Wildman–Crippen LogP) is 1.70. The van der Waals surface area contributed by atoms with Gasteiger partial charge >= 0.3 is 0 Å². The van der Waals surface area contributed by atoms with Gasteiger partial charge < -0.3 is 9.88 Å².